The van der Waals surface area contributed by atoms with Gasteiger partial charge in [0.25, 0.3) is 6.71 Å². The molecule has 10 rings (SSSR count). The normalized spacial score (nSPS) is 14.1. The second-order valence-electron chi connectivity index (χ2n) is 24.9. The van der Waals surface area contributed by atoms with E-state index in [-0.39, 0.29) is 28.4 Å². The summed E-state index contributed by atoms with van der Waals surface area (Å²) in [4.78, 5) is 5.30. The lowest BCUT2D eigenvalue weighted by atomic mass is 9.33. The highest BCUT2D eigenvalue weighted by atomic mass is 15.2. The lowest BCUT2D eigenvalue weighted by molar-refractivity contribution is 0.568. The maximum atomic E-state index is 2.65. The standard InChI is InChI=1S/C64H72BN3/c1-39(2)41-25-27-56-52(29-41)65-53-30-42(40(3)4)26-28-57(53)68(48-35-45(63(11,12)13)32-46(36-48)64(14,15)16)59-38-49(66-54-23-19-17-21-50(54)51-22-18-20-24-55(51)66)37-58(60(59)65)67(56)47-33-43(61(5,6)7)31-44(34-47)62(8,9)10/h17-40H,1-16H3. The van der Waals surface area contributed by atoms with E-state index in [1.165, 1.54) is 106 Å². The van der Waals surface area contributed by atoms with Crippen molar-refractivity contribution in [2.45, 2.75) is 144 Å². The Morgan fingerprint density at radius 2 is 0.721 bits per heavy atom. The number of hydrogen-bond donors (Lipinski definition) is 0. The first-order valence-electron chi connectivity index (χ1n) is 25.3. The first-order chi connectivity index (χ1) is 31.9. The van der Waals surface area contributed by atoms with Gasteiger partial charge in [-0.05, 0) is 144 Å². The summed E-state index contributed by atoms with van der Waals surface area (Å²) >= 11 is 0. The molecule has 3 heterocycles. The molecule has 3 nitrogen and oxygen atoms in total. The molecule has 7 aromatic carbocycles. The Morgan fingerprint density at radius 1 is 0.368 bits per heavy atom. The molecule has 0 bridgehead atoms. The van der Waals surface area contributed by atoms with Gasteiger partial charge in [0.05, 0.1) is 16.7 Å². The Hall–Kier alpha value is -6.00. The van der Waals surface area contributed by atoms with Crippen LogP contribution in [0.4, 0.5) is 34.1 Å². The van der Waals surface area contributed by atoms with E-state index in [9.17, 15) is 0 Å². The maximum Gasteiger partial charge on any atom is 0.252 e. The monoisotopic (exact) mass is 894 g/mol. The van der Waals surface area contributed by atoms with Crippen LogP contribution in [0.3, 0.4) is 0 Å². The highest BCUT2D eigenvalue weighted by Gasteiger charge is 2.45. The maximum absolute atomic E-state index is 2.65. The second-order valence-corrected chi connectivity index (χ2v) is 24.9. The number of fused-ring (bicyclic) bond motifs is 7. The topological polar surface area (TPSA) is 11.4 Å². The van der Waals surface area contributed by atoms with Gasteiger partial charge >= 0.3 is 0 Å². The summed E-state index contributed by atoms with van der Waals surface area (Å²) in [5.41, 5.74) is 22.9. The molecule has 68 heavy (non-hydrogen) atoms. The van der Waals surface area contributed by atoms with Crippen molar-refractivity contribution in [3.63, 3.8) is 0 Å². The van der Waals surface area contributed by atoms with Gasteiger partial charge in [-0.15, -0.1) is 0 Å². The quantitative estimate of drug-likeness (QED) is 0.160. The zero-order valence-electron chi connectivity index (χ0n) is 43.8. The molecule has 8 aromatic rings. The molecular formula is C64H72BN3. The number of nitrogens with zero attached hydrogens (tertiary/aromatic N) is 3. The molecule has 0 saturated carbocycles. The van der Waals surface area contributed by atoms with Crippen molar-refractivity contribution in [3.8, 4) is 5.69 Å². The van der Waals surface area contributed by atoms with Gasteiger partial charge in [0.15, 0.2) is 0 Å². The first kappa shape index (κ1) is 45.8. The van der Waals surface area contributed by atoms with E-state index in [2.05, 4.69) is 259 Å². The molecule has 0 amide bonds. The van der Waals surface area contributed by atoms with Crippen LogP contribution in [0.25, 0.3) is 27.5 Å². The molecule has 0 unspecified atom stereocenters. The number of aromatic nitrogens is 1. The summed E-state index contributed by atoms with van der Waals surface area (Å²) in [5.74, 6) is 0.753. The van der Waals surface area contributed by atoms with E-state index in [0.29, 0.717) is 11.8 Å². The molecule has 1 aromatic heterocycles. The van der Waals surface area contributed by atoms with Crippen molar-refractivity contribution in [3.05, 3.63) is 167 Å². The smallest absolute Gasteiger partial charge is 0.252 e. The van der Waals surface area contributed by atoms with Crippen LogP contribution in [0.2, 0.25) is 0 Å². The SMILES string of the molecule is CC(C)c1ccc2c(c1)B1c3cc(C(C)C)ccc3N(c3cc(C(C)(C)C)cc(C(C)(C)C)c3)c3cc(-n4c5ccccc5c5ccccc54)cc(c31)N2c1cc(C(C)(C)C)cc(C(C)(C)C)c1. The fraction of sp³-hybridized carbons (Fsp3) is 0.344. The lowest BCUT2D eigenvalue weighted by Gasteiger charge is -2.45. The summed E-state index contributed by atoms with van der Waals surface area (Å²) in [7, 11) is 0. The van der Waals surface area contributed by atoms with Crippen molar-refractivity contribution >= 4 is 79.0 Å². The average Bonchev–Trinajstić information content (AvgIpc) is 3.61. The third kappa shape index (κ3) is 7.58. The fourth-order valence-electron chi connectivity index (χ4n) is 10.8. The summed E-state index contributed by atoms with van der Waals surface area (Å²) in [6.07, 6.45) is 0. The third-order valence-electron chi connectivity index (χ3n) is 15.1. The first-order valence-corrected chi connectivity index (χ1v) is 25.3. The molecule has 0 atom stereocenters. The van der Waals surface area contributed by atoms with Gasteiger partial charge in [-0.1, -0.05) is 184 Å². The van der Waals surface area contributed by atoms with E-state index in [0.717, 1.165) is 5.69 Å². The van der Waals surface area contributed by atoms with Crippen LogP contribution in [0.15, 0.2) is 133 Å². The second kappa shape index (κ2) is 15.8. The molecule has 4 heteroatoms. The minimum atomic E-state index is -0.0608. The minimum Gasteiger partial charge on any atom is -0.311 e. The Bertz CT molecular complexity index is 3020. The van der Waals surface area contributed by atoms with Crippen molar-refractivity contribution < 1.29 is 0 Å². The third-order valence-corrected chi connectivity index (χ3v) is 15.1. The summed E-state index contributed by atoms with van der Waals surface area (Å²) < 4.78 is 2.53. The van der Waals surface area contributed by atoms with E-state index in [1.807, 2.05) is 0 Å². The molecule has 2 aliphatic rings. The van der Waals surface area contributed by atoms with Gasteiger partial charge in [-0.2, -0.15) is 0 Å². The van der Waals surface area contributed by atoms with Gasteiger partial charge < -0.3 is 14.4 Å². The summed E-state index contributed by atoms with van der Waals surface area (Å²) in [6, 6.07) is 52.7. The molecule has 346 valence electrons. The van der Waals surface area contributed by atoms with Crippen LogP contribution < -0.4 is 26.2 Å². The van der Waals surface area contributed by atoms with E-state index in [1.54, 1.807) is 0 Å². The van der Waals surface area contributed by atoms with Crippen molar-refractivity contribution in [2.24, 2.45) is 0 Å². The Kier molecular flexibility index (Phi) is 10.6. The van der Waals surface area contributed by atoms with Crippen LogP contribution in [0.1, 0.15) is 156 Å². The summed E-state index contributed by atoms with van der Waals surface area (Å²) in [6.45, 7) is 37.7. The van der Waals surface area contributed by atoms with Gasteiger partial charge in [0, 0.05) is 44.9 Å². The van der Waals surface area contributed by atoms with Crippen LogP contribution in [-0.4, -0.2) is 11.3 Å². The lowest BCUT2D eigenvalue weighted by Crippen LogP contribution is -2.61. The van der Waals surface area contributed by atoms with Crippen molar-refractivity contribution in [1.29, 1.82) is 0 Å². The number of anilines is 6. The zero-order chi connectivity index (χ0) is 48.6. The van der Waals surface area contributed by atoms with Crippen LogP contribution in [-0.2, 0) is 21.7 Å². The predicted molar refractivity (Wildman–Crippen MR) is 298 cm³/mol. The average molecular weight is 894 g/mol. The molecule has 0 aliphatic carbocycles. The molecule has 0 radical (unpaired) electrons. The Morgan fingerprint density at radius 3 is 1.06 bits per heavy atom. The number of benzene rings is 7. The summed E-state index contributed by atoms with van der Waals surface area (Å²) in [5, 5.41) is 2.53. The van der Waals surface area contributed by atoms with Gasteiger partial charge in [-0.25, -0.2) is 0 Å². The van der Waals surface area contributed by atoms with Crippen molar-refractivity contribution in [1.82, 2.24) is 4.57 Å². The van der Waals surface area contributed by atoms with Crippen LogP contribution in [0, 0.1) is 0 Å². The van der Waals surface area contributed by atoms with E-state index < -0.39 is 0 Å². The van der Waals surface area contributed by atoms with E-state index >= 15 is 0 Å². The fourth-order valence-corrected chi connectivity index (χ4v) is 10.8. The Labute approximate surface area is 408 Å². The zero-order valence-corrected chi connectivity index (χ0v) is 43.8. The highest BCUT2D eigenvalue weighted by Crippen LogP contribution is 2.49. The molecule has 0 spiro atoms. The highest BCUT2D eigenvalue weighted by molar-refractivity contribution is 7.00. The van der Waals surface area contributed by atoms with Gasteiger partial charge in [0.2, 0.25) is 0 Å². The number of para-hydroxylation sites is 2. The molecule has 0 saturated heterocycles. The molecular weight excluding hydrogens is 822 g/mol. The largest absolute Gasteiger partial charge is 0.311 e. The van der Waals surface area contributed by atoms with Crippen LogP contribution in [0.5, 0.6) is 0 Å². The number of rotatable bonds is 5. The van der Waals surface area contributed by atoms with Gasteiger partial charge in [0.1, 0.15) is 0 Å². The molecule has 0 N–H and O–H groups in total. The van der Waals surface area contributed by atoms with E-state index in [4.69, 9.17) is 0 Å². The molecule has 2 aliphatic heterocycles. The predicted octanol–water partition coefficient (Wildman–Crippen LogP) is 16.3. The number of hydrogen-bond acceptors (Lipinski definition) is 2. The minimum absolute atomic E-state index is 0.00266. The van der Waals surface area contributed by atoms with Crippen LogP contribution >= 0.6 is 0 Å². The Balaban J connectivity index is 1.42. The van der Waals surface area contributed by atoms with Gasteiger partial charge in [-0.3, -0.25) is 0 Å². The van der Waals surface area contributed by atoms with Crippen molar-refractivity contribution in [2.75, 3.05) is 9.80 Å². The molecule has 0 fully saturated rings.